The van der Waals surface area contributed by atoms with Gasteiger partial charge in [0.15, 0.2) is 17.3 Å². The SMILES string of the molecule is COc1ccc(C(=O)[C@H]2CCCN(C(=O)c3ccc(Cn4cnnn4)cc3)C2)cc1OC. The van der Waals surface area contributed by atoms with Gasteiger partial charge in [0.2, 0.25) is 0 Å². The molecule has 1 saturated heterocycles. The van der Waals surface area contributed by atoms with Crippen molar-refractivity contribution in [2.24, 2.45) is 5.92 Å². The number of amides is 1. The lowest BCUT2D eigenvalue weighted by Gasteiger charge is -2.32. The number of hydrogen-bond donors (Lipinski definition) is 0. The average Bonchev–Trinajstić information content (AvgIpc) is 3.36. The molecule has 0 aliphatic carbocycles. The molecule has 1 atom stereocenters. The molecule has 0 radical (unpaired) electrons. The summed E-state index contributed by atoms with van der Waals surface area (Å²) >= 11 is 0. The molecule has 1 aliphatic heterocycles. The zero-order valence-corrected chi connectivity index (χ0v) is 18.1. The molecule has 0 bridgehead atoms. The number of carbonyl (C=O) groups excluding carboxylic acids is 2. The van der Waals surface area contributed by atoms with E-state index < -0.39 is 0 Å². The zero-order chi connectivity index (χ0) is 22.5. The molecule has 2 aromatic carbocycles. The first kappa shape index (κ1) is 21.5. The van der Waals surface area contributed by atoms with E-state index in [9.17, 15) is 9.59 Å². The summed E-state index contributed by atoms with van der Waals surface area (Å²) in [4.78, 5) is 27.9. The van der Waals surface area contributed by atoms with E-state index >= 15 is 0 Å². The molecular formula is C23H25N5O4. The van der Waals surface area contributed by atoms with E-state index in [-0.39, 0.29) is 17.6 Å². The molecule has 0 spiro atoms. The number of aromatic nitrogens is 4. The van der Waals surface area contributed by atoms with E-state index in [1.807, 2.05) is 24.3 Å². The molecular weight excluding hydrogens is 410 g/mol. The maximum Gasteiger partial charge on any atom is 0.253 e. The molecule has 1 amide bonds. The molecule has 0 N–H and O–H groups in total. The third-order valence-electron chi connectivity index (χ3n) is 5.68. The fourth-order valence-corrected chi connectivity index (χ4v) is 3.98. The molecule has 2 heterocycles. The summed E-state index contributed by atoms with van der Waals surface area (Å²) in [5, 5.41) is 11.1. The maximum atomic E-state index is 13.1. The summed E-state index contributed by atoms with van der Waals surface area (Å²) in [6.45, 7) is 1.58. The monoisotopic (exact) mass is 435 g/mol. The third-order valence-corrected chi connectivity index (χ3v) is 5.68. The lowest BCUT2D eigenvalue weighted by Crippen LogP contribution is -2.42. The van der Waals surface area contributed by atoms with E-state index in [2.05, 4.69) is 15.5 Å². The number of rotatable bonds is 7. The van der Waals surface area contributed by atoms with E-state index in [1.54, 1.807) is 48.3 Å². The van der Waals surface area contributed by atoms with Crippen LogP contribution in [-0.2, 0) is 6.54 Å². The van der Waals surface area contributed by atoms with Crippen LogP contribution in [0.15, 0.2) is 48.8 Å². The molecule has 1 aliphatic rings. The van der Waals surface area contributed by atoms with Gasteiger partial charge in [-0.2, -0.15) is 0 Å². The number of hydrogen-bond acceptors (Lipinski definition) is 7. The molecule has 0 saturated carbocycles. The Labute approximate surface area is 185 Å². The maximum absolute atomic E-state index is 13.1. The largest absolute Gasteiger partial charge is 0.493 e. The lowest BCUT2D eigenvalue weighted by atomic mass is 9.89. The van der Waals surface area contributed by atoms with Crippen LogP contribution in [-0.4, -0.2) is 64.1 Å². The Balaban J connectivity index is 1.43. The van der Waals surface area contributed by atoms with E-state index in [1.165, 1.54) is 0 Å². The second-order valence-corrected chi connectivity index (χ2v) is 7.73. The standard InChI is InChI=1S/C23H25N5O4/c1-31-20-10-9-18(12-21(20)32-2)22(29)19-4-3-11-27(14-19)23(30)17-7-5-16(6-8-17)13-28-15-24-25-26-28/h5-10,12,15,19H,3-4,11,13-14H2,1-2H3/t19-/m0/s1. The van der Waals surface area contributed by atoms with Crippen LogP contribution >= 0.6 is 0 Å². The highest BCUT2D eigenvalue weighted by Crippen LogP contribution is 2.30. The van der Waals surface area contributed by atoms with Crippen LogP contribution in [0.5, 0.6) is 11.5 Å². The predicted molar refractivity (Wildman–Crippen MR) is 116 cm³/mol. The number of nitrogens with zero attached hydrogens (tertiary/aromatic N) is 5. The van der Waals surface area contributed by atoms with Crippen LogP contribution in [0.3, 0.4) is 0 Å². The quantitative estimate of drug-likeness (QED) is 0.526. The zero-order valence-electron chi connectivity index (χ0n) is 18.1. The van der Waals surface area contributed by atoms with Crippen LogP contribution in [0, 0.1) is 5.92 Å². The molecule has 1 fully saturated rings. The van der Waals surface area contributed by atoms with Crippen LogP contribution < -0.4 is 9.47 Å². The highest BCUT2D eigenvalue weighted by atomic mass is 16.5. The van der Waals surface area contributed by atoms with E-state index in [4.69, 9.17) is 9.47 Å². The molecule has 166 valence electrons. The van der Waals surface area contributed by atoms with Crippen molar-refractivity contribution >= 4 is 11.7 Å². The molecule has 0 unspecified atom stereocenters. The van der Waals surface area contributed by atoms with Crippen LogP contribution in [0.2, 0.25) is 0 Å². The highest BCUT2D eigenvalue weighted by molar-refractivity contribution is 6.00. The van der Waals surface area contributed by atoms with Gasteiger partial charge < -0.3 is 14.4 Å². The van der Waals surface area contributed by atoms with Gasteiger partial charge >= 0.3 is 0 Å². The third kappa shape index (κ3) is 4.61. The number of tetrazole rings is 1. The molecule has 1 aromatic heterocycles. The van der Waals surface area contributed by atoms with Gasteiger partial charge in [-0.15, -0.1) is 5.10 Å². The van der Waals surface area contributed by atoms with Crippen LogP contribution in [0.4, 0.5) is 0 Å². The number of piperidine rings is 1. The van der Waals surface area contributed by atoms with Crippen molar-refractivity contribution in [1.29, 1.82) is 0 Å². The average molecular weight is 435 g/mol. The minimum absolute atomic E-state index is 0.0141. The summed E-state index contributed by atoms with van der Waals surface area (Å²) in [6, 6.07) is 12.6. The van der Waals surface area contributed by atoms with Gasteiger partial charge in [0.25, 0.3) is 5.91 Å². The van der Waals surface area contributed by atoms with Crippen molar-refractivity contribution in [2.75, 3.05) is 27.3 Å². The number of benzene rings is 2. The fourth-order valence-electron chi connectivity index (χ4n) is 3.98. The number of ether oxygens (including phenoxy) is 2. The van der Waals surface area contributed by atoms with Crippen molar-refractivity contribution in [3.8, 4) is 11.5 Å². The van der Waals surface area contributed by atoms with Gasteiger partial charge in [0.1, 0.15) is 6.33 Å². The highest BCUT2D eigenvalue weighted by Gasteiger charge is 2.30. The molecule has 32 heavy (non-hydrogen) atoms. The molecule has 9 nitrogen and oxygen atoms in total. The number of ketones is 1. The second-order valence-electron chi connectivity index (χ2n) is 7.73. The number of carbonyl (C=O) groups is 2. The van der Waals surface area contributed by atoms with Crippen molar-refractivity contribution in [3.05, 3.63) is 65.5 Å². The first-order chi connectivity index (χ1) is 15.6. The molecule has 9 heteroatoms. The Morgan fingerprint density at radius 1 is 1.03 bits per heavy atom. The molecule has 4 rings (SSSR count). The van der Waals surface area contributed by atoms with E-state index in [0.29, 0.717) is 42.3 Å². The Hall–Kier alpha value is -3.75. The van der Waals surface area contributed by atoms with Crippen LogP contribution in [0.25, 0.3) is 0 Å². The predicted octanol–water partition coefficient (Wildman–Crippen LogP) is 2.47. The van der Waals surface area contributed by atoms with Crippen molar-refractivity contribution < 1.29 is 19.1 Å². The Bertz CT molecular complexity index is 1080. The first-order valence-electron chi connectivity index (χ1n) is 10.4. The van der Waals surface area contributed by atoms with Crippen LogP contribution in [0.1, 0.15) is 39.1 Å². The summed E-state index contributed by atoms with van der Waals surface area (Å²) in [5.74, 6) is 0.797. The summed E-state index contributed by atoms with van der Waals surface area (Å²) in [6.07, 6.45) is 3.08. The Kier molecular flexibility index (Phi) is 6.44. The normalized spacial score (nSPS) is 15.9. The first-order valence-corrected chi connectivity index (χ1v) is 10.4. The summed E-state index contributed by atoms with van der Waals surface area (Å²) < 4.78 is 12.2. The number of likely N-dealkylation sites (tertiary alicyclic amines) is 1. The van der Waals surface area contributed by atoms with E-state index in [0.717, 1.165) is 18.4 Å². The van der Waals surface area contributed by atoms with Crippen molar-refractivity contribution in [2.45, 2.75) is 19.4 Å². The topological polar surface area (TPSA) is 99.4 Å². The van der Waals surface area contributed by atoms with Gasteiger partial charge in [-0.3, -0.25) is 9.59 Å². The van der Waals surface area contributed by atoms with Gasteiger partial charge in [-0.05, 0) is 59.2 Å². The number of Topliss-reactive ketones (excluding diaryl/α,β-unsaturated/α-hetero) is 1. The van der Waals surface area contributed by atoms with Gasteiger partial charge in [0.05, 0.1) is 20.8 Å². The van der Waals surface area contributed by atoms with Gasteiger partial charge in [-0.1, -0.05) is 12.1 Å². The molecule has 3 aromatic rings. The second kappa shape index (κ2) is 9.59. The summed E-state index contributed by atoms with van der Waals surface area (Å²) in [7, 11) is 3.10. The smallest absolute Gasteiger partial charge is 0.253 e. The van der Waals surface area contributed by atoms with Gasteiger partial charge in [-0.25, -0.2) is 4.68 Å². The fraction of sp³-hybridized carbons (Fsp3) is 0.348. The van der Waals surface area contributed by atoms with Crippen molar-refractivity contribution in [3.63, 3.8) is 0 Å². The Morgan fingerprint density at radius 3 is 2.47 bits per heavy atom. The minimum atomic E-state index is -0.245. The minimum Gasteiger partial charge on any atom is -0.493 e. The Morgan fingerprint density at radius 2 is 1.78 bits per heavy atom. The van der Waals surface area contributed by atoms with Gasteiger partial charge in [0, 0.05) is 30.1 Å². The summed E-state index contributed by atoms with van der Waals surface area (Å²) in [5.41, 5.74) is 2.16. The lowest BCUT2D eigenvalue weighted by molar-refractivity contribution is 0.0637. The van der Waals surface area contributed by atoms with Crippen molar-refractivity contribution in [1.82, 2.24) is 25.1 Å². The number of methoxy groups -OCH3 is 2.